The number of phenols is 1. The number of rotatable bonds is 2. The monoisotopic (exact) mass is 232 g/mol. The maximum atomic E-state index is 9.35. The van der Waals surface area contributed by atoms with Gasteiger partial charge in [-0.15, -0.1) is 10.2 Å². The Hall–Kier alpha value is -1.95. The van der Waals surface area contributed by atoms with E-state index in [2.05, 4.69) is 15.3 Å². The van der Waals surface area contributed by atoms with Crippen LogP contribution in [-0.4, -0.2) is 24.9 Å². The molecule has 0 saturated heterocycles. The van der Waals surface area contributed by atoms with Crippen LogP contribution in [0.1, 0.15) is 10.6 Å². The van der Waals surface area contributed by atoms with Gasteiger partial charge in [-0.3, -0.25) is 0 Å². The van der Waals surface area contributed by atoms with Gasteiger partial charge in [-0.05, 0) is 17.7 Å². The lowest BCUT2D eigenvalue weighted by Crippen LogP contribution is -1.89. The van der Waals surface area contributed by atoms with Crippen molar-refractivity contribution in [1.29, 1.82) is 0 Å². The van der Waals surface area contributed by atoms with Gasteiger partial charge in [-0.1, -0.05) is 23.5 Å². The number of aromatic nitrogens is 4. The molecule has 6 heteroatoms. The minimum Gasteiger partial charge on any atom is -0.508 e. The summed E-state index contributed by atoms with van der Waals surface area (Å²) in [6, 6.07) is 7.18. The molecule has 0 atom stereocenters. The summed E-state index contributed by atoms with van der Waals surface area (Å²) >= 11 is 1.50. The zero-order valence-electron chi connectivity index (χ0n) is 8.24. The third kappa shape index (κ3) is 1.63. The van der Waals surface area contributed by atoms with Crippen LogP contribution in [0.4, 0.5) is 0 Å². The Morgan fingerprint density at radius 2 is 2.31 bits per heavy atom. The van der Waals surface area contributed by atoms with Crippen LogP contribution < -0.4 is 0 Å². The average molecular weight is 232 g/mol. The second-order valence-electron chi connectivity index (χ2n) is 3.40. The lowest BCUT2D eigenvalue weighted by Gasteiger charge is -1.97. The summed E-state index contributed by atoms with van der Waals surface area (Å²) < 4.78 is 1.66. The molecule has 0 aliphatic carbocycles. The number of aromatic hydroxyl groups is 1. The van der Waals surface area contributed by atoms with Crippen LogP contribution in [0.5, 0.6) is 5.75 Å². The minimum atomic E-state index is 0.278. The summed E-state index contributed by atoms with van der Waals surface area (Å²) in [5.74, 6) is 0.278. The smallest absolute Gasteiger partial charge is 0.234 e. The molecule has 1 aromatic carbocycles. The summed E-state index contributed by atoms with van der Waals surface area (Å²) in [4.78, 5) is 0.787. The van der Waals surface area contributed by atoms with Gasteiger partial charge in [0.05, 0.1) is 0 Å². The van der Waals surface area contributed by atoms with E-state index in [4.69, 9.17) is 0 Å². The van der Waals surface area contributed by atoms with Crippen molar-refractivity contribution in [2.24, 2.45) is 0 Å². The molecule has 0 fully saturated rings. The zero-order chi connectivity index (χ0) is 11.0. The molecule has 0 aliphatic rings. The van der Waals surface area contributed by atoms with Crippen molar-refractivity contribution >= 4 is 16.3 Å². The first-order valence-corrected chi connectivity index (χ1v) is 5.56. The van der Waals surface area contributed by atoms with Gasteiger partial charge >= 0.3 is 0 Å². The molecular formula is C10H8N4OS. The van der Waals surface area contributed by atoms with Gasteiger partial charge in [0.2, 0.25) is 4.96 Å². The highest BCUT2D eigenvalue weighted by molar-refractivity contribution is 7.16. The Labute approximate surface area is 95.0 Å². The second kappa shape index (κ2) is 3.57. The van der Waals surface area contributed by atoms with Crippen LogP contribution in [0.15, 0.2) is 30.6 Å². The van der Waals surface area contributed by atoms with Crippen LogP contribution >= 0.6 is 11.3 Å². The molecule has 80 valence electrons. The predicted octanol–water partition coefficient (Wildman–Crippen LogP) is 1.48. The molecule has 0 spiro atoms. The number of phenolic OH excluding ortho intramolecular Hbond substituents is 1. The molecule has 3 aromatic rings. The van der Waals surface area contributed by atoms with Gasteiger partial charge in [0.1, 0.15) is 17.1 Å². The fourth-order valence-corrected chi connectivity index (χ4v) is 2.36. The molecule has 3 rings (SSSR count). The molecule has 5 nitrogen and oxygen atoms in total. The lowest BCUT2D eigenvalue weighted by atomic mass is 10.1. The standard InChI is InChI=1S/C10H8N4OS/c15-8-3-1-2-7(4-8)5-9-13-14-6-11-12-10(14)16-9/h1-4,6,15H,5H2. The number of hydrogen-bond donors (Lipinski definition) is 1. The van der Waals surface area contributed by atoms with Crippen molar-refractivity contribution in [2.75, 3.05) is 0 Å². The summed E-state index contributed by atoms with van der Waals surface area (Å²) in [6.07, 6.45) is 2.28. The third-order valence-electron chi connectivity index (χ3n) is 2.19. The van der Waals surface area contributed by atoms with E-state index >= 15 is 0 Å². The first-order chi connectivity index (χ1) is 7.81. The lowest BCUT2D eigenvalue weighted by molar-refractivity contribution is 0.474. The first-order valence-electron chi connectivity index (χ1n) is 4.75. The van der Waals surface area contributed by atoms with E-state index in [-0.39, 0.29) is 5.75 Å². The zero-order valence-corrected chi connectivity index (χ0v) is 9.05. The SMILES string of the molecule is Oc1cccc(Cc2nn3cnnc3s2)c1. The highest BCUT2D eigenvalue weighted by Crippen LogP contribution is 2.18. The van der Waals surface area contributed by atoms with Gasteiger partial charge < -0.3 is 5.11 Å². The largest absolute Gasteiger partial charge is 0.508 e. The molecule has 0 bridgehead atoms. The molecular weight excluding hydrogens is 224 g/mol. The molecule has 2 aromatic heterocycles. The summed E-state index contributed by atoms with van der Waals surface area (Å²) in [5.41, 5.74) is 1.03. The summed E-state index contributed by atoms with van der Waals surface area (Å²) in [7, 11) is 0. The van der Waals surface area contributed by atoms with Gasteiger partial charge in [0.25, 0.3) is 0 Å². The number of nitrogens with zero attached hydrogens (tertiary/aromatic N) is 4. The number of benzene rings is 1. The van der Waals surface area contributed by atoms with E-state index < -0.39 is 0 Å². The van der Waals surface area contributed by atoms with E-state index in [1.807, 2.05) is 12.1 Å². The molecule has 1 N–H and O–H groups in total. The highest BCUT2D eigenvalue weighted by Gasteiger charge is 2.06. The van der Waals surface area contributed by atoms with Crippen LogP contribution in [0, 0.1) is 0 Å². The quantitative estimate of drug-likeness (QED) is 0.727. The molecule has 0 saturated carbocycles. The van der Waals surface area contributed by atoms with Crippen molar-refractivity contribution in [3.05, 3.63) is 41.2 Å². The Balaban J connectivity index is 1.92. The highest BCUT2D eigenvalue weighted by atomic mass is 32.1. The van der Waals surface area contributed by atoms with Crippen molar-refractivity contribution in [1.82, 2.24) is 19.8 Å². The molecule has 2 heterocycles. The minimum absolute atomic E-state index is 0.278. The predicted molar refractivity (Wildman–Crippen MR) is 59.6 cm³/mol. The molecule has 0 unspecified atom stereocenters. The van der Waals surface area contributed by atoms with Gasteiger partial charge in [-0.25, -0.2) is 0 Å². The van der Waals surface area contributed by atoms with Gasteiger partial charge in [0.15, 0.2) is 0 Å². The van der Waals surface area contributed by atoms with Gasteiger partial charge in [0, 0.05) is 6.42 Å². The molecule has 0 amide bonds. The van der Waals surface area contributed by atoms with E-state index in [1.54, 1.807) is 23.0 Å². The first kappa shape index (κ1) is 9.29. The Morgan fingerprint density at radius 3 is 3.12 bits per heavy atom. The average Bonchev–Trinajstić information content (AvgIpc) is 2.77. The third-order valence-corrected chi connectivity index (χ3v) is 3.11. The van der Waals surface area contributed by atoms with Crippen molar-refractivity contribution < 1.29 is 5.11 Å². The molecule has 16 heavy (non-hydrogen) atoms. The Kier molecular flexibility index (Phi) is 2.07. The number of hydrogen-bond acceptors (Lipinski definition) is 5. The molecule has 0 radical (unpaired) electrons. The maximum Gasteiger partial charge on any atom is 0.234 e. The second-order valence-corrected chi connectivity index (χ2v) is 4.44. The molecule has 0 aliphatic heterocycles. The maximum absolute atomic E-state index is 9.35. The van der Waals surface area contributed by atoms with E-state index in [0.717, 1.165) is 15.5 Å². The van der Waals surface area contributed by atoms with Crippen molar-refractivity contribution in [2.45, 2.75) is 6.42 Å². The van der Waals surface area contributed by atoms with Crippen LogP contribution in [0.25, 0.3) is 4.96 Å². The normalized spacial score (nSPS) is 11.0. The fourth-order valence-electron chi connectivity index (χ4n) is 1.51. The topological polar surface area (TPSA) is 63.3 Å². The van der Waals surface area contributed by atoms with E-state index in [1.165, 1.54) is 11.3 Å². The Bertz CT molecular complexity index is 602. The van der Waals surface area contributed by atoms with E-state index in [0.29, 0.717) is 6.42 Å². The van der Waals surface area contributed by atoms with Crippen molar-refractivity contribution in [3.8, 4) is 5.75 Å². The van der Waals surface area contributed by atoms with E-state index in [9.17, 15) is 5.11 Å². The van der Waals surface area contributed by atoms with Gasteiger partial charge in [-0.2, -0.15) is 9.61 Å². The number of fused-ring (bicyclic) bond motifs is 1. The van der Waals surface area contributed by atoms with Crippen LogP contribution in [0.3, 0.4) is 0 Å². The van der Waals surface area contributed by atoms with Crippen molar-refractivity contribution in [3.63, 3.8) is 0 Å². The summed E-state index contributed by atoms with van der Waals surface area (Å²) in [6.45, 7) is 0. The Morgan fingerprint density at radius 1 is 1.38 bits per heavy atom. The fraction of sp³-hybridized carbons (Fsp3) is 0.100. The van der Waals surface area contributed by atoms with Crippen LogP contribution in [-0.2, 0) is 6.42 Å². The summed E-state index contributed by atoms with van der Waals surface area (Å²) in [5, 5.41) is 22.3. The van der Waals surface area contributed by atoms with Crippen LogP contribution in [0.2, 0.25) is 0 Å².